The number of methoxy groups -OCH3 is 1. The average molecular weight is 214 g/mol. The van der Waals surface area contributed by atoms with Gasteiger partial charge in [-0.3, -0.25) is 0 Å². The third kappa shape index (κ3) is 3.77. The number of ether oxygens (including phenoxy) is 2. The van der Waals surface area contributed by atoms with Crippen molar-refractivity contribution in [3.8, 4) is 0 Å². The molecule has 4 nitrogen and oxygen atoms in total. The van der Waals surface area contributed by atoms with Crippen molar-refractivity contribution in [3.05, 3.63) is 0 Å². The molecule has 1 rings (SSSR count). The fourth-order valence-electron chi connectivity index (χ4n) is 1.44. The van der Waals surface area contributed by atoms with Crippen LogP contribution in [0.3, 0.4) is 0 Å². The van der Waals surface area contributed by atoms with E-state index in [1.807, 2.05) is 0 Å². The Morgan fingerprint density at radius 1 is 1.71 bits per heavy atom. The van der Waals surface area contributed by atoms with Crippen LogP contribution in [0.1, 0.15) is 6.42 Å². The van der Waals surface area contributed by atoms with Gasteiger partial charge in [0.25, 0.3) is 0 Å². The summed E-state index contributed by atoms with van der Waals surface area (Å²) in [6.45, 7) is 1.72. The van der Waals surface area contributed by atoms with E-state index in [0.717, 1.165) is 0 Å². The molecule has 0 spiro atoms. The van der Waals surface area contributed by atoms with Gasteiger partial charge in [-0.25, -0.2) is 0 Å². The van der Waals surface area contributed by atoms with Crippen LogP contribution in [0.4, 0.5) is 0 Å². The Labute approximate surface area is 86.9 Å². The van der Waals surface area contributed by atoms with Crippen LogP contribution in [0.25, 0.3) is 0 Å². The highest BCUT2D eigenvalue weighted by Crippen LogP contribution is 2.41. The second-order valence-corrected chi connectivity index (χ2v) is 5.48. The summed E-state index contributed by atoms with van der Waals surface area (Å²) < 4.78 is 26.7. The molecule has 1 saturated heterocycles. The molecule has 77 valence electrons. The first-order chi connectivity index (χ1) is 6.42. The van der Waals surface area contributed by atoms with Gasteiger partial charge in [0.1, 0.15) is 14.0 Å². The number of rotatable bonds is 4. The molecule has 1 fully saturated rings. The monoisotopic (exact) mass is 214 g/mol. The molecule has 0 N–H and O–H groups in total. The molecule has 0 aliphatic carbocycles. The molecule has 1 aliphatic heterocycles. The maximum atomic E-state index is 11.2. The summed E-state index contributed by atoms with van der Waals surface area (Å²) in [7, 11) is 9.45. The molecular weight excluding hydrogens is 201 g/mol. The third-order valence-corrected chi connectivity index (χ3v) is 2.59. The summed E-state index contributed by atoms with van der Waals surface area (Å²) in [5.74, 6) is 0. The molecule has 0 saturated carbocycles. The van der Waals surface area contributed by atoms with Crippen LogP contribution in [0.5, 0.6) is 0 Å². The highest BCUT2D eigenvalue weighted by atomic mass is 31.2. The Morgan fingerprint density at radius 3 is 2.86 bits per heavy atom. The minimum absolute atomic E-state index is 0.285. The Kier molecular flexibility index (Phi) is 4.26. The second kappa shape index (κ2) is 4.84. The fourth-order valence-corrected chi connectivity index (χ4v) is 2.20. The lowest BCUT2D eigenvalue weighted by Crippen LogP contribution is -2.28. The van der Waals surface area contributed by atoms with Gasteiger partial charge in [-0.05, 0) is 13.1 Å². The lowest BCUT2D eigenvalue weighted by Gasteiger charge is -2.28. The van der Waals surface area contributed by atoms with Gasteiger partial charge in [0.2, 0.25) is 0 Å². The molecular formula is C7H13B2O4P-. The van der Waals surface area contributed by atoms with Crippen LogP contribution in [0.15, 0.2) is 0 Å². The van der Waals surface area contributed by atoms with Crippen molar-refractivity contribution in [2.45, 2.75) is 24.6 Å². The van der Waals surface area contributed by atoms with E-state index in [1.165, 1.54) is 6.66 Å². The minimum atomic E-state index is -2.99. The van der Waals surface area contributed by atoms with Gasteiger partial charge >= 0.3 is 0 Å². The van der Waals surface area contributed by atoms with Gasteiger partial charge in [0.05, 0.1) is 12.7 Å². The Hall–Kier alpha value is 0.240. The van der Waals surface area contributed by atoms with Gasteiger partial charge in [0, 0.05) is 13.1 Å². The Bertz CT molecular complexity index is 232. The predicted molar refractivity (Wildman–Crippen MR) is 55.1 cm³/mol. The molecule has 0 bridgehead atoms. The van der Waals surface area contributed by atoms with Crippen LogP contribution in [0.2, 0.25) is 0 Å². The van der Waals surface area contributed by atoms with Crippen molar-refractivity contribution in [3.63, 3.8) is 0 Å². The highest BCUT2D eigenvalue weighted by Gasteiger charge is 2.33. The lowest BCUT2D eigenvalue weighted by atomic mass is 9.96. The number of hydrogen-bond donors (Lipinski definition) is 0. The zero-order valence-electron chi connectivity index (χ0n) is 8.38. The van der Waals surface area contributed by atoms with E-state index in [9.17, 15) is 4.57 Å². The summed E-state index contributed by atoms with van der Waals surface area (Å²) in [4.78, 5) is 0. The van der Waals surface area contributed by atoms with Crippen molar-refractivity contribution < 1.29 is 18.6 Å². The lowest BCUT2D eigenvalue weighted by molar-refractivity contribution is -0.00895. The Morgan fingerprint density at radius 2 is 2.36 bits per heavy atom. The maximum Gasteiger partial charge on any atom is 0.109 e. The summed E-state index contributed by atoms with van der Waals surface area (Å²) >= 11 is 0. The first-order valence-corrected chi connectivity index (χ1v) is 6.51. The molecule has 0 aromatic heterocycles. The van der Waals surface area contributed by atoms with Crippen LogP contribution in [-0.2, 0) is 18.6 Å². The van der Waals surface area contributed by atoms with Crippen molar-refractivity contribution in [2.24, 2.45) is 0 Å². The summed E-state index contributed by atoms with van der Waals surface area (Å²) in [6.07, 6.45) is -0.138. The van der Waals surface area contributed by atoms with Crippen LogP contribution >= 0.6 is 7.25 Å². The van der Waals surface area contributed by atoms with E-state index < -0.39 is 13.3 Å². The minimum Gasteiger partial charge on any atom is -0.484 e. The van der Waals surface area contributed by atoms with Crippen LogP contribution in [-0.4, -0.2) is 54.0 Å². The first kappa shape index (κ1) is 12.3. The van der Waals surface area contributed by atoms with Crippen molar-refractivity contribution >= 4 is 22.7 Å². The average Bonchev–Trinajstić information content (AvgIpc) is 2.28. The molecule has 0 amide bonds. The van der Waals surface area contributed by atoms with Crippen molar-refractivity contribution in [2.75, 3.05) is 20.4 Å². The molecule has 14 heavy (non-hydrogen) atoms. The van der Waals surface area contributed by atoms with E-state index in [0.29, 0.717) is 13.0 Å². The van der Waals surface area contributed by atoms with E-state index in [2.05, 4.69) is 0 Å². The third-order valence-electron chi connectivity index (χ3n) is 1.90. The van der Waals surface area contributed by atoms with Crippen LogP contribution in [0, 0.1) is 0 Å². The second-order valence-electron chi connectivity index (χ2n) is 3.46. The molecule has 1 heterocycles. The molecule has 0 aromatic rings. The van der Waals surface area contributed by atoms with E-state index >= 15 is 0 Å². The van der Waals surface area contributed by atoms with E-state index in [-0.39, 0.29) is 12.2 Å². The van der Waals surface area contributed by atoms with Crippen molar-refractivity contribution in [1.29, 1.82) is 0 Å². The SMILES string of the molecule is [B][C@H]1CC(OP([B-])(C)=O)[C@@H](COC)O1. The molecule has 2 unspecified atom stereocenters. The van der Waals surface area contributed by atoms with Crippen LogP contribution < -0.4 is 0 Å². The van der Waals surface area contributed by atoms with E-state index in [1.54, 1.807) is 7.11 Å². The first-order valence-electron chi connectivity index (χ1n) is 4.37. The smallest absolute Gasteiger partial charge is 0.109 e. The molecule has 7 heteroatoms. The van der Waals surface area contributed by atoms with Gasteiger partial charge in [-0.15, -0.1) is 0 Å². The predicted octanol–water partition coefficient (Wildman–Crippen LogP) is 0.293. The summed E-state index contributed by atoms with van der Waals surface area (Å²) in [5.41, 5.74) is 0. The fraction of sp³-hybridized carbons (Fsp3) is 1.00. The Balaban J connectivity index is 2.53. The normalized spacial score (nSPS) is 36.9. The van der Waals surface area contributed by atoms with Gasteiger partial charge in [-0.2, -0.15) is 0 Å². The molecule has 4 atom stereocenters. The van der Waals surface area contributed by atoms with Gasteiger partial charge in [0.15, 0.2) is 0 Å². The largest absolute Gasteiger partial charge is 0.484 e. The molecule has 5 radical (unpaired) electrons. The van der Waals surface area contributed by atoms with Gasteiger partial charge < -0.3 is 26.1 Å². The number of hydrogen-bond acceptors (Lipinski definition) is 4. The summed E-state index contributed by atoms with van der Waals surface area (Å²) in [6, 6.07) is -0.397. The topological polar surface area (TPSA) is 44.8 Å². The molecule has 1 aliphatic rings. The summed E-state index contributed by atoms with van der Waals surface area (Å²) in [5, 5.41) is 0. The van der Waals surface area contributed by atoms with Gasteiger partial charge in [-0.1, -0.05) is 7.25 Å². The highest BCUT2D eigenvalue weighted by molar-refractivity contribution is 7.82. The zero-order chi connectivity index (χ0) is 10.8. The van der Waals surface area contributed by atoms with Crippen molar-refractivity contribution in [1.82, 2.24) is 0 Å². The van der Waals surface area contributed by atoms with E-state index in [4.69, 9.17) is 29.4 Å². The standard InChI is InChI=1S/C7H13B2O4P/c1-11-4-6-5(3-7(8)12-6)13-14(2,9)10/h5-7H,3-4H2,1-2H3/q-1/t5?,6-,7-,14?/m1/s1. The zero-order valence-corrected chi connectivity index (χ0v) is 9.28. The quantitative estimate of drug-likeness (QED) is 0.498. The maximum absolute atomic E-state index is 11.2. The molecule has 0 aromatic carbocycles.